The lowest BCUT2D eigenvalue weighted by molar-refractivity contribution is -0.385. The average molecular weight is 439 g/mol. The van der Waals surface area contributed by atoms with Gasteiger partial charge in [0, 0.05) is 30.8 Å². The van der Waals surface area contributed by atoms with E-state index in [1.54, 1.807) is 26.8 Å². The first-order valence-corrected chi connectivity index (χ1v) is 11.5. The van der Waals surface area contributed by atoms with E-state index in [9.17, 15) is 20.1 Å². The van der Waals surface area contributed by atoms with Gasteiger partial charge in [-0.15, -0.1) is 6.58 Å². The molecule has 2 saturated carbocycles. The molecule has 0 aromatic heterocycles. The molecular weight excluding hydrogens is 400 g/mol. The van der Waals surface area contributed by atoms with Crippen LogP contribution in [-0.2, 0) is 19.0 Å². The van der Waals surface area contributed by atoms with Gasteiger partial charge in [-0.1, -0.05) is 26.8 Å². The molecule has 2 saturated heterocycles. The fraction of sp³-hybridized carbons (Fsp3) is 0.875. The van der Waals surface area contributed by atoms with Crippen molar-refractivity contribution in [2.45, 2.75) is 108 Å². The minimum atomic E-state index is -2.06. The number of Topliss-reactive ketones (excluding diaryl/α,β-unsaturated/α-hetero) is 1. The lowest BCUT2D eigenvalue weighted by atomic mass is 9.40. The van der Waals surface area contributed by atoms with Crippen LogP contribution in [0.5, 0.6) is 0 Å². The molecule has 7 nitrogen and oxygen atoms in total. The smallest absolute Gasteiger partial charge is 0.171 e. The van der Waals surface area contributed by atoms with Crippen LogP contribution in [-0.4, -0.2) is 69.1 Å². The minimum absolute atomic E-state index is 0.0687. The minimum Gasteiger partial charge on any atom is -0.392 e. The van der Waals surface area contributed by atoms with E-state index in [2.05, 4.69) is 6.58 Å². The van der Waals surface area contributed by atoms with Crippen LogP contribution >= 0.6 is 0 Å². The molecule has 0 amide bonds. The summed E-state index contributed by atoms with van der Waals surface area (Å²) in [7, 11) is 0. The van der Waals surface area contributed by atoms with E-state index < -0.39 is 63.9 Å². The summed E-state index contributed by atoms with van der Waals surface area (Å²) in [6, 6.07) is 0. The molecular formula is C24H38O7. The van der Waals surface area contributed by atoms with Gasteiger partial charge in [-0.25, -0.2) is 0 Å². The zero-order valence-electron chi connectivity index (χ0n) is 19.4. The van der Waals surface area contributed by atoms with Gasteiger partial charge in [0.05, 0.1) is 17.8 Å². The summed E-state index contributed by atoms with van der Waals surface area (Å²) in [4.78, 5) is 13.8. The fourth-order valence-corrected chi connectivity index (χ4v) is 7.33. The number of aliphatic hydroxyl groups excluding tert-OH is 2. The molecule has 0 spiro atoms. The van der Waals surface area contributed by atoms with Crippen molar-refractivity contribution in [2.24, 2.45) is 16.7 Å². The molecule has 9 atom stereocenters. The Labute approximate surface area is 184 Å². The maximum atomic E-state index is 13.8. The first-order valence-electron chi connectivity index (χ1n) is 11.5. The normalized spacial score (nSPS) is 54.2. The zero-order valence-corrected chi connectivity index (χ0v) is 19.4. The second-order valence-electron chi connectivity index (χ2n) is 11.3. The molecule has 176 valence electrons. The standard InChI is InChI=1S/C24H38O7/c1-7-21(4)13-15(26)24(28)22(5)14(25)10-11-20(2,3)18(22)17(27)19(23(24,6)31-21)30-16-9-8-12-29-16/h7,14,16-19,25,27-28H,1,8-13H2,2-6H3/t14-,16?,17+,18-,19-,21-,22-,23+,24-/m0/s1. The molecule has 4 aliphatic rings. The number of carbonyl (C=O) groups is 1. The van der Waals surface area contributed by atoms with Gasteiger partial charge in [-0.3, -0.25) is 4.79 Å². The number of carbonyl (C=O) groups excluding carboxylic acids is 1. The number of rotatable bonds is 3. The number of hydrogen-bond acceptors (Lipinski definition) is 7. The highest BCUT2D eigenvalue weighted by atomic mass is 16.7. The number of ketones is 1. The van der Waals surface area contributed by atoms with Gasteiger partial charge in [0.2, 0.25) is 0 Å². The molecule has 7 heteroatoms. The van der Waals surface area contributed by atoms with Crippen molar-refractivity contribution < 1.29 is 34.3 Å². The van der Waals surface area contributed by atoms with Gasteiger partial charge >= 0.3 is 0 Å². The summed E-state index contributed by atoms with van der Waals surface area (Å²) in [6.45, 7) is 13.5. The van der Waals surface area contributed by atoms with Crippen molar-refractivity contribution in [3.63, 3.8) is 0 Å². The van der Waals surface area contributed by atoms with E-state index in [1.807, 2.05) is 13.8 Å². The highest BCUT2D eigenvalue weighted by Gasteiger charge is 2.80. The molecule has 31 heavy (non-hydrogen) atoms. The first kappa shape index (κ1) is 23.3. The SMILES string of the molecule is C=C[C@@]1(C)CC(=O)[C@]2(O)[C@@]3(C)[C@@H](O)CCC(C)(C)[C@@H]3[C@@H](O)[C@H](OC3CCCO3)[C@@]2(C)O1. The summed E-state index contributed by atoms with van der Waals surface area (Å²) in [6.07, 6.45) is 0.449. The Kier molecular flexibility index (Phi) is 5.33. The van der Waals surface area contributed by atoms with Crippen molar-refractivity contribution in [3.8, 4) is 0 Å². The molecule has 3 N–H and O–H groups in total. The summed E-state index contributed by atoms with van der Waals surface area (Å²) in [5, 5.41) is 35.4. The molecule has 4 rings (SSSR count). The summed E-state index contributed by atoms with van der Waals surface area (Å²) in [5.74, 6) is -1.00. The summed E-state index contributed by atoms with van der Waals surface area (Å²) in [5.41, 5.74) is -6.47. The largest absolute Gasteiger partial charge is 0.392 e. The maximum absolute atomic E-state index is 13.8. The van der Waals surface area contributed by atoms with Gasteiger partial charge in [0.25, 0.3) is 0 Å². The predicted octanol–water partition coefficient (Wildman–Crippen LogP) is 2.11. The van der Waals surface area contributed by atoms with Crippen LogP contribution in [0.25, 0.3) is 0 Å². The highest BCUT2D eigenvalue weighted by molar-refractivity contribution is 5.92. The van der Waals surface area contributed by atoms with E-state index in [-0.39, 0.29) is 6.42 Å². The maximum Gasteiger partial charge on any atom is 0.171 e. The van der Waals surface area contributed by atoms with Gasteiger partial charge in [-0.05, 0) is 38.5 Å². The lowest BCUT2D eigenvalue weighted by Crippen LogP contribution is -2.86. The third-order valence-corrected chi connectivity index (χ3v) is 8.91. The molecule has 4 fully saturated rings. The first-order chi connectivity index (χ1) is 14.3. The Morgan fingerprint density at radius 2 is 1.84 bits per heavy atom. The molecule has 0 aromatic carbocycles. The third-order valence-electron chi connectivity index (χ3n) is 8.91. The summed E-state index contributed by atoms with van der Waals surface area (Å²) < 4.78 is 18.4. The average Bonchev–Trinajstić information content (AvgIpc) is 3.19. The summed E-state index contributed by atoms with van der Waals surface area (Å²) >= 11 is 0. The number of hydrogen-bond donors (Lipinski definition) is 3. The molecule has 2 aliphatic carbocycles. The van der Waals surface area contributed by atoms with Gasteiger partial charge in [0.15, 0.2) is 17.7 Å². The van der Waals surface area contributed by atoms with E-state index in [1.165, 1.54) is 0 Å². The molecule has 0 aromatic rings. The zero-order chi connectivity index (χ0) is 23.0. The Morgan fingerprint density at radius 3 is 2.42 bits per heavy atom. The van der Waals surface area contributed by atoms with Crippen LogP contribution in [0, 0.1) is 16.7 Å². The molecule has 1 unspecified atom stereocenters. The second kappa shape index (κ2) is 7.08. The molecule has 2 aliphatic heterocycles. The second-order valence-corrected chi connectivity index (χ2v) is 11.3. The van der Waals surface area contributed by atoms with Crippen LogP contribution < -0.4 is 0 Å². The lowest BCUT2D eigenvalue weighted by Gasteiger charge is -2.71. The van der Waals surface area contributed by atoms with Crippen LogP contribution in [0.2, 0.25) is 0 Å². The predicted molar refractivity (Wildman–Crippen MR) is 113 cm³/mol. The van der Waals surface area contributed by atoms with Crippen molar-refractivity contribution >= 4 is 5.78 Å². The van der Waals surface area contributed by atoms with Crippen molar-refractivity contribution in [3.05, 3.63) is 12.7 Å². The van der Waals surface area contributed by atoms with E-state index in [0.717, 1.165) is 6.42 Å². The van der Waals surface area contributed by atoms with Crippen molar-refractivity contribution in [2.75, 3.05) is 6.61 Å². The Hall–Kier alpha value is -0.830. The van der Waals surface area contributed by atoms with Crippen LogP contribution in [0.1, 0.15) is 66.7 Å². The van der Waals surface area contributed by atoms with E-state index >= 15 is 0 Å². The number of aliphatic hydroxyl groups is 3. The highest BCUT2D eigenvalue weighted by Crippen LogP contribution is 2.67. The Bertz CT molecular complexity index is 761. The number of fused-ring (bicyclic) bond motifs is 3. The van der Waals surface area contributed by atoms with Gasteiger partial charge in [-0.2, -0.15) is 0 Å². The molecule has 0 radical (unpaired) electrons. The van der Waals surface area contributed by atoms with Gasteiger partial charge < -0.3 is 29.5 Å². The van der Waals surface area contributed by atoms with Gasteiger partial charge in [0.1, 0.15) is 11.7 Å². The quantitative estimate of drug-likeness (QED) is 0.580. The third kappa shape index (κ3) is 2.90. The van der Waals surface area contributed by atoms with Crippen LogP contribution in [0.15, 0.2) is 12.7 Å². The van der Waals surface area contributed by atoms with Crippen molar-refractivity contribution in [1.29, 1.82) is 0 Å². The van der Waals surface area contributed by atoms with Crippen LogP contribution in [0.4, 0.5) is 0 Å². The fourth-order valence-electron chi connectivity index (χ4n) is 7.33. The van der Waals surface area contributed by atoms with Crippen LogP contribution in [0.3, 0.4) is 0 Å². The Morgan fingerprint density at radius 1 is 1.16 bits per heavy atom. The monoisotopic (exact) mass is 438 g/mol. The molecule has 2 heterocycles. The van der Waals surface area contributed by atoms with E-state index in [0.29, 0.717) is 25.9 Å². The Balaban J connectivity index is 1.93. The number of ether oxygens (including phenoxy) is 3. The van der Waals surface area contributed by atoms with Crippen molar-refractivity contribution in [1.82, 2.24) is 0 Å². The molecule has 0 bridgehead atoms. The topological polar surface area (TPSA) is 105 Å². The van der Waals surface area contributed by atoms with E-state index in [4.69, 9.17) is 14.2 Å².